The van der Waals surface area contributed by atoms with Gasteiger partial charge < -0.3 is 18.6 Å². The number of rotatable bonds is 4. The lowest BCUT2D eigenvalue weighted by atomic mass is 9.73. The van der Waals surface area contributed by atoms with Gasteiger partial charge in [-0.25, -0.2) is 0 Å². The molecule has 8 aromatic carbocycles. The van der Waals surface area contributed by atoms with Crippen LogP contribution >= 0.6 is 0 Å². The minimum absolute atomic E-state index is 0.315. The Hall–Kier alpha value is -6.35. The number of fused-ring (bicyclic) bond motifs is 15. The average Bonchev–Trinajstić information content (AvgIpc) is 3.85. The van der Waals surface area contributed by atoms with Crippen LogP contribution in [-0.4, -0.2) is 16.1 Å². The molecule has 0 atom stereocenters. The van der Waals surface area contributed by atoms with Crippen LogP contribution in [0, 0.1) is 0 Å². The van der Waals surface area contributed by atoms with Crippen molar-refractivity contribution >= 4 is 115 Å². The van der Waals surface area contributed by atoms with Crippen LogP contribution in [0.1, 0.15) is 49.9 Å². The minimum atomic E-state index is -1.47. The first-order valence-corrected chi connectivity index (χ1v) is 29.8. The van der Waals surface area contributed by atoms with E-state index in [0.717, 1.165) is 77.4 Å². The number of benzene rings is 8. The van der Waals surface area contributed by atoms with Crippen molar-refractivity contribution in [3.8, 4) is 0 Å². The van der Waals surface area contributed by atoms with Gasteiger partial charge in [0.1, 0.15) is 22.3 Å². The third-order valence-electron chi connectivity index (χ3n) is 14.7. The highest BCUT2D eigenvalue weighted by atomic mass is 28.3. The van der Waals surface area contributed by atoms with Crippen molar-refractivity contribution in [1.82, 2.24) is 0 Å². The van der Waals surface area contributed by atoms with Crippen LogP contribution in [0.4, 0.5) is 34.1 Å². The smallest absolute Gasteiger partial charge is 0.143 e. The summed E-state index contributed by atoms with van der Waals surface area (Å²) < 4.78 is 14.5. The summed E-state index contributed by atoms with van der Waals surface area (Å²) in [7, 11) is -2.93. The topological polar surface area (TPSA) is 32.8 Å². The molecule has 2 aliphatic rings. The number of hydrogen-bond donors (Lipinski definition) is 0. The standard InChI is InChI=1S/C58H54N2O2Si2/c1-57(2)45-15-11-13-17-47(45)59(35-19-23-37(24-20-35)63(5,6)7)49-33-31-43-41-29-27-40-39(53(41)61-55(43)51(49)57)28-30-42-44-32-34-50-52(56(44)62-54(40)42)58(3,4)46-16-12-14-18-48(46)60(50)36-21-25-38(26-22-36)64(8,9)10/h11-34H,1-10H3. The Morgan fingerprint density at radius 1 is 0.344 bits per heavy atom. The molecule has 2 aliphatic heterocycles. The van der Waals surface area contributed by atoms with E-state index < -0.39 is 16.1 Å². The fraction of sp³-hybridized carbons (Fsp3) is 0.207. The third-order valence-corrected chi connectivity index (χ3v) is 18.8. The van der Waals surface area contributed by atoms with Gasteiger partial charge in [-0.05, 0) is 96.1 Å². The average molecular weight is 867 g/mol. The van der Waals surface area contributed by atoms with Gasteiger partial charge in [-0.15, -0.1) is 0 Å². The highest BCUT2D eigenvalue weighted by Gasteiger charge is 2.42. The van der Waals surface area contributed by atoms with Gasteiger partial charge in [0, 0.05) is 65.6 Å². The zero-order chi connectivity index (χ0) is 44.2. The van der Waals surface area contributed by atoms with Gasteiger partial charge in [0.05, 0.1) is 38.9 Å². The Balaban J connectivity index is 1.06. The first-order chi connectivity index (χ1) is 30.5. The molecule has 0 saturated carbocycles. The molecule has 64 heavy (non-hydrogen) atoms. The summed E-state index contributed by atoms with van der Waals surface area (Å²) >= 11 is 0. The largest absolute Gasteiger partial charge is 0.455 e. The van der Waals surface area contributed by atoms with Gasteiger partial charge in [-0.2, -0.15) is 0 Å². The maximum Gasteiger partial charge on any atom is 0.143 e. The second kappa shape index (κ2) is 13.1. The maximum atomic E-state index is 7.27. The summed E-state index contributed by atoms with van der Waals surface area (Å²) in [5.41, 5.74) is 15.1. The van der Waals surface area contributed by atoms with Crippen LogP contribution < -0.4 is 20.2 Å². The predicted octanol–water partition coefficient (Wildman–Crippen LogP) is 15.9. The molecule has 0 radical (unpaired) electrons. The molecule has 0 saturated heterocycles. The first-order valence-electron chi connectivity index (χ1n) is 22.8. The van der Waals surface area contributed by atoms with E-state index in [1.54, 1.807) is 0 Å². The zero-order valence-electron chi connectivity index (χ0n) is 38.6. The second-order valence-corrected chi connectivity index (χ2v) is 31.6. The van der Waals surface area contributed by atoms with Gasteiger partial charge in [0.2, 0.25) is 0 Å². The number of furan rings is 2. The molecule has 0 spiro atoms. The SMILES string of the molecule is CC1(C)c2ccccc2N(c2ccc([Si](C)(C)C)cc2)c2ccc3c(oc4c3ccc3c4ccc4c5ccc6c(c5oc43)C(C)(C)c3ccccc3N6c3ccc([Si](C)(C)C)cc3)c21. The summed E-state index contributed by atoms with van der Waals surface area (Å²) in [5, 5.41) is 9.54. The van der Waals surface area contributed by atoms with Crippen LogP contribution in [-0.2, 0) is 10.8 Å². The van der Waals surface area contributed by atoms with Crippen molar-refractivity contribution in [2.45, 2.75) is 77.8 Å². The highest BCUT2D eigenvalue weighted by molar-refractivity contribution is 6.89. The van der Waals surface area contributed by atoms with Gasteiger partial charge in [0.25, 0.3) is 0 Å². The van der Waals surface area contributed by atoms with Crippen LogP contribution in [0.25, 0.3) is 54.6 Å². The molecule has 0 unspecified atom stereocenters. The fourth-order valence-corrected chi connectivity index (χ4v) is 13.6. The highest BCUT2D eigenvalue weighted by Crippen LogP contribution is 2.57. The lowest BCUT2D eigenvalue weighted by Gasteiger charge is -2.42. The van der Waals surface area contributed by atoms with Crippen molar-refractivity contribution in [2.75, 3.05) is 9.80 Å². The molecule has 6 heteroatoms. The quantitative estimate of drug-likeness (QED) is 0.165. The summed E-state index contributed by atoms with van der Waals surface area (Å²) in [6.07, 6.45) is 0. The van der Waals surface area contributed by atoms with Gasteiger partial charge in [0.15, 0.2) is 0 Å². The Kier molecular flexibility index (Phi) is 8.05. The summed E-state index contributed by atoms with van der Waals surface area (Å²) in [6.45, 7) is 23.9. The molecular weight excluding hydrogens is 813 g/mol. The van der Waals surface area contributed by atoms with Crippen LogP contribution in [0.15, 0.2) is 154 Å². The maximum absolute atomic E-state index is 7.27. The van der Waals surface area contributed by atoms with E-state index >= 15 is 0 Å². The molecule has 316 valence electrons. The Morgan fingerprint density at radius 2 is 0.656 bits per heavy atom. The third kappa shape index (κ3) is 5.39. The van der Waals surface area contributed by atoms with E-state index in [9.17, 15) is 0 Å². The molecule has 4 heterocycles. The van der Waals surface area contributed by atoms with E-state index in [-0.39, 0.29) is 10.8 Å². The van der Waals surface area contributed by atoms with Crippen molar-refractivity contribution in [3.05, 3.63) is 168 Å². The molecular formula is C58H54N2O2Si2. The minimum Gasteiger partial charge on any atom is -0.455 e. The Bertz CT molecular complexity index is 3340. The molecule has 12 rings (SSSR count). The zero-order valence-corrected chi connectivity index (χ0v) is 40.6. The molecule has 2 aromatic heterocycles. The first kappa shape index (κ1) is 39.3. The van der Waals surface area contributed by atoms with Crippen LogP contribution in [0.5, 0.6) is 0 Å². The molecule has 0 fully saturated rings. The molecule has 10 aromatic rings. The Labute approximate surface area is 377 Å². The molecule has 4 nitrogen and oxygen atoms in total. The molecule has 0 bridgehead atoms. The fourth-order valence-electron chi connectivity index (χ4n) is 11.3. The van der Waals surface area contributed by atoms with Gasteiger partial charge in [-0.1, -0.05) is 138 Å². The van der Waals surface area contributed by atoms with Gasteiger partial charge >= 0.3 is 0 Å². The van der Waals surface area contributed by atoms with Crippen LogP contribution in [0.3, 0.4) is 0 Å². The lowest BCUT2D eigenvalue weighted by Crippen LogP contribution is -2.37. The number of nitrogens with zero attached hydrogens (tertiary/aromatic N) is 2. The summed E-state index contributed by atoms with van der Waals surface area (Å²) in [6, 6.07) is 54.5. The number of para-hydroxylation sites is 2. The van der Waals surface area contributed by atoms with Crippen molar-refractivity contribution in [2.24, 2.45) is 0 Å². The van der Waals surface area contributed by atoms with Crippen LogP contribution in [0.2, 0.25) is 39.3 Å². The summed E-state index contributed by atoms with van der Waals surface area (Å²) in [5.74, 6) is 0. The predicted molar refractivity (Wildman–Crippen MR) is 278 cm³/mol. The van der Waals surface area contributed by atoms with E-state index in [0.29, 0.717) is 0 Å². The molecule has 0 aliphatic carbocycles. The van der Waals surface area contributed by atoms with Crippen molar-refractivity contribution in [1.29, 1.82) is 0 Å². The lowest BCUT2D eigenvalue weighted by molar-refractivity contribution is 0.602. The van der Waals surface area contributed by atoms with E-state index in [1.165, 1.54) is 44.0 Å². The van der Waals surface area contributed by atoms with Crippen molar-refractivity contribution < 1.29 is 8.83 Å². The van der Waals surface area contributed by atoms with Crippen molar-refractivity contribution in [3.63, 3.8) is 0 Å². The monoisotopic (exact) mass is 866 g/mol. The second-order valence-electron chi connectivity index (χ2n) is 21.4. The normalized spacial score (nSPS) is 15.5. The number of anilines is 6. The van der Waals surface area contributed by atoms with E-state index in [1.807, 2.05) is 0 Å². The summed E-state index contributed by atoms with van der Waals surface area (Å²) in [4.78, 5) is 4.88. The molecule has 0 N–H and O–H groups in total. The Morgan fingerprint density at radius 3 is 1.00 bits per heavy atom. The number of hydrogen-bond acceptors (Lipinski definition) is 4. The van der Waals surface area contributed by atoms with E-state index in [2.05, 4.69) is 222 Å². The molecule has 0 amide bonds. The van der Waals surface area contributed by atoms with Gasteiger partial charge in [-0.3, -0.25) is 0 Å². The van der Waals surface area contributed by atoms with E-state index in [4.69, 9.17) is 8.83 Å².